The SMILES string of the molecule is CCC([C]=O)CCOC. The van der Waals surface area contributed by atoms with Crippen LogP contribution in [-0.2, 0) is 9.53 Å². The van der Waals surface area contributed by atoms with Gasteiger partial charge in [-0.25, -0.2) is 0 Å². The van der Waals surface area contributed by atoms with E-state index in [0.29, 0.717) is 6.61 Å². The molecule has 0 saturated carbocycles. The van der Waals surface area contributed by atoms with Gasteiger partial charge >= 0.3 is 0 Å². The fourth-order valence-electron chi connectivity index (χ4n) is 0.606. The minimum atomic E-state index is 0.0740. The van der Waals surface area contributed by atoms with Gasteiger partial charge in [-0.2, -0.15) is 0 Å². The Morgan fingerprint density at radius 2 is 2.33 bits per heavy atom. The predicted octanol–water partition coefficient (Wildman–Crippen LogP) is 1.16. The molecular formula is C7H13O2. The third kappa shape index (κ3) is 4.15. The third-order valence-electron chi connectivity index (χ3n) is 1.33. The molecule has 9 heavy (non-hydrogen) atoms. The molecule has 53 valence electrons. The van der Waals surface area contributed by atoms with E-state index < -0.39 is 0 Å². The van der Waals surface area contributed by atoms with Crippen molar-refractivity contribution in [3.05, 3.63) is 0 Å². The molecule has 1 radical (unpaired) electrons. The molecule has 0 spiro atoms. The summed E-state index contributed by atoms with van der Waals surface area (Å²) in [6.07, 6.45) is 3.63. The first-order chi connectivity index (χ1) is 4.35. The molecule has 0 amide bonds. The van der Waals surface area contributed by atoms with Crippen LogP contribution in [0.3, 0.4) is 0 Å². The van der Waals surface area contributed by atoms with Gasteiger partial charge < -0.3 is 4.74 Å². The van der Waals surface area contributed by atoms with Crippen LogP contribution < -0.4 is 0 Å². The molecule has 2 nitrogen and oxygen atoms in total. The standard InChI is InChI=1S/C7H13O2/c1-3-7(6-8)4-5-9-2/h7H,3-5H2,1-2H3. The van der Waals surface area contributed by atoms with Crippen molar-refractivity contribution in [2.24, 2.45) is 5.92 Å². The molecule has 0 aromatic rings. The molecule has 0 aliphatic carbocycles. The van der Waals surface area contributed by atoms with E-state index in [2.05, 4.69) is 0 Å². The molecule has 0 bridgehead atoms. The summed E-state index contributed by atoms with van der Waals surface area (Å²) < 4.78 is 4.80. The maximum absolute atomic E-state index is 10.1. The van der Waals surface area contributed by atoms with Crippen LogP contribution in [0.4, 0.5) is 0 Å². The second-order valence-corrected chi connectivity index (χ2v) is 2.00. The van der Waals surface area contributed by atoms with E-state index in [0.717, 1.165) is 12.8 Å². The Labute approximate surface area is 56.2 Å². The smallest absolute Gasteiger partial charge is 0.201 e. The lowest BCUT2D eigenvalue weighted by atomic mass is 10.1. The highest BCUT2D eigenvalue weighted by molar-refractivity contribution is 5.54. The molecule has 1 atom stereocenters. The van der Waals surface area contributed by atoms with Crippen LogP contribution >= 0.6 is 0 Å². The molecule has 2 heteroatoms. The van der Waals surface area contributed by atoms with E-state index in [1.165, 1.54) is 0 Å². The summed E-state index contributed by atoms with van der Waals surface area (Å²) in [5, 5.41) is 0. The van der Waals surface area contributed by atoms with Gasteiger partial charge in [0.05, 0.1) is 0 Å². The molecule has 0 aromatic carbocycles. The van der Waals surface area contributed by atoms with Crippen LogP contribution in [0.2, 0.25) is 0 Å². The lowest BCUT2D eigenvalue weighted by Gasteiger charge is -2.02. The van der Waals surface area contributed by atoms with Gasteiger partial charge in [0, 0.05) is 19.6 Å². The van der Waals surface area contributed by atoms with Gasteiger partial charge in [-0.15, -0.1) is 0 Å². The second kappa shape index (κ2) is 5.76. The van der Waals surface area contributed by atoms with Crippen LogP contribution in [0.1, 0.15) is 19.8 Å². The Morgan fingerprint density at radius 3 is 2.67 bits per heavy atom. The van der Waals surface area contributed by atoms with Gasteiger partial charge in [0.1, 0.15) is 0 Å². The van der Waals surface area contributed by atoms with E-state index in [-0.39, 0.29) is 5.92 Å². The molecule has 0 aromatic heterocycles. The minimum absolute atomic E-state index is 0.0740. The number of carbonyl (C=O) groups excluding carboxylic acids is 1. The van der Waals surface area contributed by atoms with Gasteiger partial charge in [-0.1, -0.05) is 6.92 Å². The number of rotatable bonds is 5. The minimum Gasteiger partial charge on any atom is -0.385 e. The van der Waals surface area contributed by atoms with Gasteiger partial charge in [0.15, 0.2) is 0 Å². The van der Waals surface area contributed by atoms with Crippen molar-refractivity contribution >= 4 is 6.29 Å². The second-order valence-electron chi connectivity index (χ2n) is 2.00. The maximum Gasteiger partial charge on any atom is 0.201 e. The molecule has 0 rings (SSSR count). The van der Waals surface area contributed by atoms with Crippen LogP contribution in [0.15, 0.2) is 0 Å². The quantitative estimate of drug-likeness (QED) is 0.556. The molecule has 0 aliphatic heterocycles. The fraction of sp³-hybridized carbons (Fsp3) is 0.857. The van der Waals surface area contributed by atoms with Gasteiger partial charge in [0.25, 0.3) is 0 Å². The van der Waals surface area contributed by atoms with E-state index in [4.69, 9.17) is 4.74 Å². The molecular weight excluding hydrogens is 116 g/mol. The highest BCUT2D eigenvalue weighted by Crippen LogP contribution is 2.03. The molecule has 0 aliphatic rings. The number of hydrogen-bond acceptors (Lipinski definition) is 2. The largest absolute Gasteiger partial charge is 0.385 e. The Morgan fingerprint density at radius 1 is 1.67 bits per heavy atom. The molecule has 0 fully saturated rings. The summed E-state index contributed by atoms with van der Waals surface area (Å²) in [6.45, 7) is 2.64. The van der Waals surface area contributed by atoms with E-state index in [1.807, 2.05) is 13.2 Å². The van der Waals surface area contributed by atoms with Gasteiger partial charge in [-0.05, 0) is 12.8 Å². The first kappa shape index (κ1) is 8.63. The highest BCUT2D eigenvalue weighted by atomic mass is 16.5. The van der Waals surface area contributed by atoms with Crippen molar-refractivity contribution < 1.29 is 9.53 Å². The van der Waals surface area contributed by atoms with Gasteiger partial charge in [0.2, 0.25) is 6.29 Å². The summed E-state index contributed by atoms with van der Waals surface area (Å²) in [5.41, 5.74) is 0. The topological polar surface area (TPSA) is 26.3 Å². The molecule has 0 N–H and O–H groups in total. The maximum atomic E-state index is 10.1. The van der Waals surface area contributed by atoms with E-state index in [9.17, 15) is 4.79 Å². The van der Waals surface area contributed by atoms with Crippen molar-refractivity contribution in [3.63, 3.8) is 0 Å². The Bertz CT molecular complexity index is 71.3. The molecule has 1 unspecified atom stereocenters. The van der Waals surface area contributed by atoms with Crippen LogP contribution in [-0.4, -0.2) is 20.0 Å². The summed E-state index contributed by atoms with van der Waals surface area (Å²) in [5.74, 6) is 0.0740. The van der Waals surface area contributed by atoms with Crippen LogP contribution in [0, 0.1) is 5.92 Å². The van der Waals surface area contributed by atoms with E-state index >= 15 is 0 Å². The monoisotopic (exact) mass is 129 g/mol. The summed E-state index contributed by atoms with van der Waals surface area (Å²) >= 11 is 0. The van der Waals surface area contributed by atoms with Crippen molar-refractivity contribution in [1.29, 1.82) is 0 Å². The zero-order chi connectivity index (χ0) is 7.11. The average Bonchev–Trinajstić information content (AvgIpc) is 1.91. The Kier molecular flexibility index (Phi) is 5.52. The Balaban J connectivity index is 3.20. The first-order valence-electron chi connectivity index (χ1n) is 3.21. The number of ether oxygens (including phenoxy) is 1. The first-order valence-corrected chi connectivity index (χ1v) is 3.21. The fourth-order valence-corrected chi connectivity index (χ4v) is 0.606. The average molecular weight is 129 g/mol. The predicted molar refractivity (Wildman–Crippen MR) is 36.0 cm³/mol. The van der Waals surface area contributed by atoms with Crippen molar-refractivity contribution in [1.82, 2.24) is 0 Å². The van der Waals surface area contributed by atoms with Crippen molar-refractivity contribution in [2.75, 3.05) is 13.7 Å². The Hall–Kier alpha value is -0.370. The number of methoxy groups -OCH3 is 1. The van der Waals surface area contributed by atoms with Crippen LogP contribution in [0.5, 0.6) is 0 Å². The van der Waals surface area contributed by atoms with Crippen molar-refractivity contribution in [2.45, 2.75) is 19.8 Å². The summed E-state index contributed by atoms with van der Waals surface area (Å²) in [4.78, 5) is 10.1. The lowest BCUT2D eigenvalue weighted by molar-refractivity contribution is 0.185. The third-order valence-corrected chi connectivity index (χ3v) is 1.33. The zero-order valence-electron chi connectivity index (χ0n) is 6.02. The lowest BCUT2D eigenvalue weighted by Crippen LogP contribution is -2.03. The summed E-state index contributed by atoms with van der Waals surface area (Å²) in [6, 6.07) is 0. The molecule has 0 heterocycles. The van der Waals surface area contributed by atoms with Gasteiger partial charge in [-0.3, -0.25) is 4.79 Å². The number of hydrogen-bond donors (Lipinski definition) is 0. The summed E-state index contributed by atoms with van der Waals surface area (Å²) in [7, 11) is 1.64. The normalized spacial score (nSPS) is 13.1. The zero-order valence-corrected chi connectivity index (χ0v) is 6.02. The van der Waals surface area contributed by atoms with E-state index in [1.54, 1.807) is 7.11 Å². The van der Waals surface area contributed by atoms with Crippen molar-refractivity contribution in [3.8, 4) is 0 Å². The molecule has 0 saturated heterocycles. The highest BCUT2D eigenvalue weighted by Gasteiger charge is 2.03. The van der Waals surface area contributed by atoms with Crippen LogP contribution in [0.25, 0.3) is 0 Å².